The molecular formula is C33H25N11OS2. The van der Waals surface area contributed by atoms with Gasteiger partial charge in [0, 0.05) is 25.2 Å². The molecule has 0 radical (unpaired) electrons. The smallest absolute Gasteiger partial charge is 0.135 e. The van der Waals surface area contributed by atoms with Crippen molar-refractivity contribution in [3.05, 3.63) is 91.5 Å². The summed E-state index contributed by atoms with van der Waals surface area (Å²) in [6, 6.07) is 20.6. The van der Waals surface area contributed by atoms with Gasteiger partial charge in [0.25, 0.3) is 0 Å². The molecule has 8 rings (SSSR count). The summed E-state index contributed by atoms with van der Waals surface area (Å²) in [7, 11) is 3.89. The molecule has 5 N–H and O–H groups in total. The first-order valence-electron chi connectivity index (χ1n) is 14.1. The molecule has 0 saturated heterocycles. The summed E-state index contributed by atoms with van der Waals surface area (Å²) >= 11 is 3.10. The van der Waals surface area contributed by atoms with E-state index in [0.29, 0.717) is 17.2 Å². The minimum atomic E-state index is 0.233. The zero-order chi connectivity index (χ0) is 32.7. The highest BCUT2D eigenvalue weighted by Gasteiger charge is 2.19. The Balaban J connectivity index is 0.000000150. The summed E-state index contributed by atoms with van der Waals surface area (Å²) in [4.78, 5) is 29.4. The van der Waals surface area contributed by atoms with Crippen LogP contribution in [0.25, 0.3) is 64.1 Å². The Kier molecular flexibility index (Phi) is 7.52. The van der Waals surface area contributed by atoms with E-state index < -0.39 is 0 Å². The van der Waals surface area contributed by atoms with Gasteiger partial charge in [0.1, 0.15) is 39.7 Å². The number of nitrogen functional groups attached to an aromatic ring is 2. The Morgan fingerprint density at radius 2 is 1.21 bits per heavy atom. The maximum Gasteiger partial charge on any atom is 0.135 e. The van der Waals surface area contributed by atoms with Gasteiger partial charge in [-0.2, -0.15) is 5.26 Å². The first-order valence-corrected chi connectivity index (χ1v) is 15.8. The van der Waals surface area contributed by atoms with Crippen LogP contribution in [-0.2, 0) is 14.1 Å². The Morgan fingerprint density at radius 3 is 1.72 bits per heavy atom. The number of imidazole rings is 2. The van der Waals surface area contributed by atoms with Crippen LogP contribution in [0, 0.1) is 11.3 Å². The van der Waals surface area contributed by atoms with Crippen molar-refractivity contribution in [3.63, 3.8) is 0 Å². The molecule has 0 aliphatic rings. The topological polar surface area (TPSA) is 183 Å². The summed E-state index contributed by atoms with van der Waals surface area (Å²) in [5.74, 6) is 1.18. The first kappa shape index (κ1) is 29.5. The fraction of sp³-hybridized carbons (Fsp3) is 0.0606. The number of nitriles is 1. The molecule has 2 aromatic carbocycles. The van der Waals surface area contributed by atoms with Crippen LogP contribution >= 0.6 is 22.7 Å². The lowest BCUT2D eigenvalue weighted by Gasteiger charge is -2.04. The van der Waals surface area contributed by atoms with Crippen LogP contribution < -0.4 is 11.5 Å². The average Bonchev–Trinajstić information content (AvgIpc) is 3.87. The molecule has 0 atom stereocenters. The number of anilines is 2. The van der Waals surface area contributed by atoms with Gasteiger partial charge in [0.2, 0.25) is 0 Å². The van der Waals surface area contributed by atoms with Crippen LogP contribution in [0.5, 0.6) is 5.75 Å². The number of phenolic OH excluding ortho intramolecular Hbond substituents is 1. The van der Waals surface area contributed by atoms with Crippen molar-refractivity contribution in [1.29, 1.82) is 5.26 Å². The third-order valence-electron chi connectivity index (χ3n) is 7.47. The minimum Gasteiger partial charge on any atom is -0.508 e. The predicted octanol–water partition coefficient (Wildman–Crippen LogP) is 6.26. The van der Waals surface area contributed by atoms with Gasteiger partial charge in [-0.1, -0.05) is 12.1 Å². The van der Waals surface area contributed by atoms with Gasteiger partial charge in [0.05, 0.1) is 67.6 Å². The quantitative estimate of drug-likeness (QED) is 0.196. The van der Waals surface area contributed by atoms with E-state index in [1.54, 1.807) is 53.5 Å². The summed E-state index contributed by atoms with van der Waals surface area (Å²) < 4.78 is 3.93. The molecule has 14 heteroatoms. The van der Waals surface area contributed by atoms with Crippen molar-refractivity contribution in [1.82, 2.24) is 39.0 Å². The third kappa shape index (κ3) is 5.50. The van der Waals surface area contributed by atoms with Crippen molar-refractivity contribution in [2.45, 2.75) is 0 Å². The molecule has 0 fully saturated rings. The van der Waals surface area contributed by atoms with Gasteiger partial charge >= 0.3 is 0 Å². The highest BCUT2D eigenvalue weighted by Crippen LogP contribution is 2.40. The van der Waals surface area contributed by atoms with Crippen LogP contribution in [0.2, 0.25) is 0 Å². The molecule has 0 spiro atoms. The lowest BCUT2D eigenvalue weighted by molar-refractivity contribution is 0.475. The standard InChI is InChI=1S/C17H12N6S.C16H13N5OS/c1-23-9-22-14(11-4-2-3-10(5-11)7-18)15(23)13-6-12-16(19)20-8-21-17(12)24-13;1-21-8-20-13(9-2-4-10(22)5-3-9)14(21)12-6-11-15(17)18-7-19-16(11)23-12/h2-6,8-9H,1H3,(H2,19,20,21);2-8,22H,1H3,(H2,17,18,19). The van der Waals surface area contributed by atoms with Crippen molar-refractivity contribution in [2.75, 3.05) is 11.5 Å². The largest absolute Gasteiger partial charge is 0.508 e. The molecule has 0 bridgehead atoms. The monoisotopic (exact) mass is 655 g/mol. The predicted molar refractivity (Wildman–Crippen MR) is 185 cm³/mol. The van der Waals surface area contributed by atoms with E-state index in [4.69, 9.17) is 16.7 Å². The normalized spacial score (nSPS) is 11.0. The van der Waals surface area contributed by atoms with Crippen LogP contribution in [0.3, 0.4) is 0 Å². The number of thiophene rings is 2. The van der Waals surface area contributed by atoms with E-state index in [-0.39, 0.29) is 5.75 Å². The van der Waals surface area contributed by atoms with Gasteiger partial charge in [-0.15, -0.1) is 22.7 Å². The Hall–Kier alpha value is -6.17. The summed E-state index contributed by atoms with van der Waals surface area (Å²) in [5, 5.41) is 20.3. The number of fused-ring (bicyclic) bond motifs is 2. The summed E-state index contributed by atoms with van der Waals surface area (Å²) in [5.41, 5.74) is 18.0. The molecule has 0 aliphatic carbocycles. The molecule has 0 aliphatic heterocycles. The summed E-state index contributed by atoms with van der Waals surface area (Å²) in [6.45, 7) is 0. The fourth-order valence-corrected chi connectivity index (χ4v) is 7.39. The summed E-state index contributed by atoms with van der Waals surface area (Å²) in [6.07, 6.45) is 6.49. The molecule has 0 amide bonds. The van der Waals surface area contributed by atoms with Gasteiger partial charge in [-0.25, -0.2) is 29.9 Å². The Labute approximate surface area is 275 Å². The SMILES string of the molecule is Cn1cnc(-c2ccc(O)cc2)c1-c1cc2c(N)ncnc2s1.Cn1cnc(-c2cccc(C#N)c2)c1-c1cc2c(N)ncnc2s1. The zero-order valence-corrected chi connectivity index (χ0v) is 26.7. The average molecular weight is 656 g/mol. The number of aromatic hydroxyl groups is 1. The van der Waals surface area contributed by atoms with Gasteiger partial charge < -0.3 is 25.7 Å². The molecular weight excluding hydrogens is 631 g/mol. The van der Waals surface area contributed by atoms with Crippen molar-refractivity contribution in [2.24, 2.45) is 14.1 Å². The second-order valence-corrected chi connectivity index (χ2v) is 12.6. The third-order valence-corrected chi connectivity index (χ3v) is 9.57. The number of hydrogen-bond donors (Lipinski definition) is 3. The lowest BCUT2D eigenvalue weighted by atomic mass is 10.1. The van der Waals surface area contributed by atoms with E-state index in [1.807, 2.05) is 65.7 Å². The van der Waals surface area contributed by atoms with Gasteiger partial charge in [0.15, 0.2) is 0 Å². The van der Waals surface area contributed by atoms with Crippen LogP contribution in [-0.4, -0.2) is 44.1 Å². The molecule has 0 unspecified atom stereocenters. The van der Waals surface area contributed by atoms with E-state index in [0.717, 1.165) is 64.1 Å². The highest BCUT2D eigenvalue weighted by atomic mass is 32.1. The number of benzene rings is 2. The van der Waals surface area contributed by atoms with Gasteiger partial charge in [-0.05, 0) is 48.5 Å². The van der Waals surface area contributed by atoms with Crippen LogP contribution in [0.1, 0.15) is 5.56 Å². The highest BCUT2D eigenvalue weighted by molar-refractivity contribution is 7.22. The number of hydrogen-bond acceptors (Lipinski definition) is 12. The number of nitrogens with zero attached hydrogens (tertiary/aromatic N) is 9. The first-order chi connectivity index (χ1) is 22.8. The maximum absolute atomic E-state index is 9.47. The number of aromatic nitrogens is 8. The molecule has 230 valence electrons. The number of rotatable bonds is 4. The fourth-order valence-electron chi connectivity index (χ4n) is 5.20. The van der Waals surface area contributed by atoms with Crippen LogP contribution in [0.15, 0.2) is 86.0 Å². The van der Waals surface area contributed by atoms with Crippen molar-refractivity contribution < 1.29 is 5.11 Å². The molecule has 6 aromatic heterocycles. The maximum atomic E-state index is 9.47. The van der Waals surface area contributed by atoms with E-state index in [1.165, 1.54) is 12.7 Å². The van der Waals surface area contributed by atoms with E-state index in [2.05, 4.69) is 36.0 Å². The second-order valence-electron chi connectivity index (χ2n) is 10.5. The van der Waals surface area contributed by atoms with Crippen LogP contribution in [0.4, 0.5) is 11.6 Å². The van der Waals surface area contributed by atoms with Crippen molar-refractivity contribution in [3.8, 4) is 55.5 Å². The molecule has 6 heterocycles. The van der Waals surface area contributed by atoms with E-state index in [9.17, 15) is 5.11 Å². The number of phenols is 1. The molecule has 8 aromatic rings. The zero-order valence-electron chi connectivity index (χ0n) is 25.0. The number of nitrogens with two attached hydrogens (primary N) is 2. The van der Waals surface area contributed by atoms with Crippen molar-refractivity contribution >= 4 is 54.7 Å². The van der Waals surface area contributed by atoms with E-state index >= 15 is 0 Å². The Bertz CT molecular complexity index is 2450. The molecule has 47 heavy (non-hydrogen) atoms. The molecule has 0 saturated carbocycles. The number of aryl methyl sites for hydroxylation is 2. The Morgan fingerprint density at radius 1 is 0.681 bits per heavy atom. The minimum absolute atomic E-state index is 0.233. The molecule has 12 nitrogen and oxygen atoms in total. The second kappa shape index (κ2) is 12.0. The van der Waals surface area contributed by atoms with Gasteiger partial charge in [-0.3, -0.25) is 0 Å². The lowest BCUT2D eigenvalue weighted by Crippen LogP contribution is -1.90.